The Balaban J connectivity index is 0.00000144. The molecule has 100 valence electrons. The van der Waals surface area contributed by atoms with E-state index in [1.807, 2.05) is 0 Å². The molecule has 0 aromatic rings. The Hall–Kier alpha value is 0.293. The van der Waals surface area contributed by atoms with Crippen LogP contribution in [0.2, 0.25) is 0 Å². The Morgan fingerprint density at radius 2 is 1.17 bits per heavy atom. The molecule has 0 bridgehead atoms. The summed E-state index contributed by atoms with van der Waals surface area (Å²) in [5.41, 5.74) is 6.09. The molecule has 0 saturated carbocycles. The van der Waals surface area contributed by atoms with E-state index >= 15 is 0 Å². The summed E-state index contributed by atoms with van der Waals surface area (Å²) in [6.07, 6.45) is 7.12. The predicted octanol–water partition coefficient (Wildman–Crippen LogP) is 5.13. The summed E-state index contributed by atoms with van der Waals surface area (Å²) < 4.78 is 8.03. The molecule has 3 heteroatoms. The Kier molecular flexibility index (Phi) is 7.29. The van der Waals surface area contributed by atoms with E-state index in [0.29, 0.717) is 0 Å². The zero-order valence-corrected chi connectivity index (χ0v) is 15.7. The van der Waals surface area contributed by atoms with Crippen molar-refractivity contribution in [2.75, 3.05) is 0 Å². The van der Waals surface area contributed by atoms with Gasteiger partial charge in [-0.3, -0.25) is 0 Å². The number of allylic oxidation sites excluding steroid dienone is 8. The van der Waals surface area contributed by atoms with Crippen LogP contribution >= 0.6 is 24.8 Å². The topological polar surface area (TPSA) is 0 Å². The van der Waals surface area contributed by atoms with E-state index in [9.17, 15) is 0 Å². The molecule has 2 rings (SSSR count). The first-order valence-electron chi connectivity index (χ1n) is 5.92. The average Bonchev–Trinajstić information content (AvgIpc) is 2.68. The zero-order chi connectivity index (χ0) is 11.9. The maximum absolute atomic E-state index is 4.59. The van der Waals surface area contributed by atoms with Crippen molar-refractivity contribution in [2.45, 2.75) is 40.5 Å². The van der Waals surface area contributed by atoms with Crippen LogP contribution in [-0.4, -0.2) is 4.21 Å². The first kappa shape index (κ1) is 18.3. The van der Waals surface area contributed by atoms with Crippen molar-refractivity contribution < 1.29 is 21.3 Å². The first-order chi connectivity index (χ1) is 7.49. The summed E-state index contributed by atoms with van der Waals surface area (Å²) >= 11 is -1.71. The van der Waals surface area contributed by atoms with Crippen molar-refractivity contribution in [2.24, 2.45) is 0 Å². The number of hydrogen-bond donors (Lipinski definition) is 0. The van der Waals surface area contributed by atoms with Crippen LogP contribution in [0.15, 0.2) is 41.0 Å². The molecule has 0 N–H and O–H groups in total. The van der Waals surface area contributed by atoms with Gasteiger partial charge in [-0.1, -0.05) is 0 Å². The van der Waals surface area contributed by atoms with Gasteiger partial charge in [0.15, 0.2) is 0 Å². The van der Waals surface area contributed by atoms with Crippen LogP contribution in [0.1, 0.15) is 40.5 Å². The van der Waals surface area contributed by atoms with Gasteiger partial charge in [0.2, 0.25) is 0 Å². The van der Waals surface area contributed by atoms with Gasteiger partial charge in [-0.05, 0) is 0 Å². The van der Waals surface area contributed by atoms with Crippen LogP contribution in [0.5, 0.6) is 0 Å². The molecule has 0 nitrogen and oxygen atoms in total. The number of hydrogen-bond acceptors (Lipinski definition) is 0. The van der Waals surface area contributed by atoms with Gasteiger partial charge in [0.05, 0.1) is 0 Å². The SMILES string of the molecule is Cl.Cl.[CH2]=[Zr]([C]1=C(C)C=C(C)C1)[C]1=C(C)C=C(C)C1. The van der Waals surface area contributed by atoms with E-state index in [1.54, 1.807) is 6.56 Å². The van der Waals surface area contributed by atoms with Crippen molar-refractivity contribution in [3.63, 3.8) is 0 Å². The fraction of sp³-hybridized carbons (Fsp3) is 0.400. The fourth-order valence-electron chi connectivity index (χ4n) is 2.72. The molecule has 0 amide bonds. The fourth-order valence-corrected chi connectivity index (χ4v) is 8.73. The number of halogens is 2. The van der Waals surface area contributed by atoms with Crippen LogP contribution < -0.4 is 0 Å². The molecular formula is C15H22Cl2Zr. The van der Waals surface area contributed by atoms with Gasteiger partial charge in [0.25, 0.3) is 0 Å². The summed E-state index contributed by atoms with van der Waals surface area (Å²) in [5.74, 6) is 0. The molecule has 0 atom stereocenters. The monoisotopic (exact) mass is 362 g/mol. The molecule has 0 aliphatic heterocycles. The Labute approximate surface area is 131 Å². The third-order valence-electron chi connectivity index (χ3n) is 3.52. The van der Waals surface area contributed by atoms with Gasteiger partial charge in [0, 0.05) is 0 Å². The molecule has 0 unspecified atom stereocenters. The summed E-state index contributed by atoms with van der Waals surface area (Å²) in [6, 6.07) is 0. The van der Waals surface area contributed by atoms with Crippen molar-refractivity contribution in [1.29, 1.82) is 0 Å². The molecule has 2 aliphatic carbocycles. The van der Waals surface area contributed by atoms with E-state index in [0.717, 1.165) is 0 Å². The molecule has 0 aromatic carbocycles. The van der Waals surface area contributed by atoms with Crippen LogP contribution in [0.4, 0.5) is 0 Å². The van der Waals surface area contributed by atoms with Gasteiger partial charge < -0.3 is 0 Å². The second-order valence-electron chi connectivity index (χ2n) is 5.14. The summed E-state index contributed by atoms with van der Waals surface area (Å²) in [5, 5.41) is 0. The molecular weight excluding hydrogens is 342 g/mol. The Bertz CT molecular complexity index is 447. The van der Waals surface area contributed by atoms with E-state index in [-0.39, 0.29) is 24.8 Å². The Morgan fingerprint density at radius 1 is 0.833 bits per heavy atom. The van der Waals surface area contributed by atoms with Crippen molar-refractivity contribution in [3.8, 4) is 0 Å². The Morgan fingerprint density at radius 3 is 1.39 bits per heavy atom. The van der Waals surface area contributed by atoms with Crippen molar-refractivity contribution >= 4 is 29.0 Å². The van der Waals surface area contributed by atoms with Crippen molar-refractivity contribution in [3.05, 3.63) is 41.0 Å². The summed E-state index contributed by atoms with van der Waals surface area (Å²) in [7, 11) is 0. The molecule has 0 spiro atoms. The van der Waals surface area contributed by atoms with Gasteiger partial charge in [-0.15, -0.1) is 24.8 Å². The standard InChI is InChI=1S/2C7H9.CH2.2ClH.Zr/c2*1-6-3-4-7(2)5-6;;;;/h2*5H,3H2,1-2H3;1H2;2*1H;. The van der Waals surface area contributed by atoms with E-state index in [1.165, 1.54) is 35.1 Å². The predicted molar refractivity (Wildman–Crippen MR) is 83.8 cm³/mol. The van der Waals surface area contributed by atoms with Crippen LogP contribution in [-0.2, 0) is 21.3 Å². The molecule has 0 heterocycles. The maximum atomic E-state index is 4.59. The summed E-state index contributed by atoms with van der Waals surface area (Å²) in [4.78, 5) is 0. The molecule has 0 saturated heterocycles. The molecule has 18 heavy (non-hydrogen) atoms. The van der Waals surface area contributed by atoms with E-state index in [2.05, 4.69) is 44.1 Å². The first-order valence-corrected chi connectivity index (χ1v) is 10.1. The average molecular weight is 364 g/mol. The van der Waals surface area contributed by atoms with E-state index < -0.39 is 21.3 Å². The van der Waals surface area contributed by atoms with Crippen LogP contribution in [0, 0.1) is 0 Å². The normalized spacial score (nSPS) is 18.2. The van der Waals surface area contributed by atoms with E-state index in [4.69, 9.17) is 0 Å². The van der Waals surface area contributed by atoms with Crippen LogP contribution in [0.3, 0.4) is 0 Å². The molecule has 0 fully saturated rings. The molecule has 0 aromatic heterocycles. The zero-order valence-electron chi connectivity index (χ0n) is 11.6. The third-order valence-corrected chi connectivity index (χ3v) is 9.91. The quantitative estimate of drug-likeness (QED) is 0.637. The summed E-state index contributed by atoms with van der Waals surface area (Å²) in [6.45, 7) is 9.02. The third kappa shape index (κ3) is 3.65. The minimum atomic E-state index is -1.71. The van der Waals surface area contributed by atoms with Gasteiger partial charge in [-0.25, -0.2) is 0 Å². The van der Waals surface area contributed by atoms with Gasteiger partial charge in [-0.2, -0.15) is 0 Å². The minimum absolute atomic E-state index is 0. The second-order valence-corrected chi connectivity index (χ2v) is 10.5. The molecule has 0 radical (unpaired) electrons. The van der Waals surface area contributed by atoms with Gasteiger partial charge in [0.1, 0.15) is 0 Å². The van der Waals surface area contributed by atoms with Gasteiger partial charge >= 0.3 is 107 Å². The second kappa shape index (κ2) is 7.18. The number of rotatable bonds is 2. The molecule has 2 aliphatic rings. The van der Waals surface area contributed by atoms with Crippen LogP contribution in [0.25, 0.3) is 0 Å². The van der Waals surface area contributed by atoms with Crippen molar-refractivity contribution in [1.82, 2.24) is 0 Å².